The summed E-state index contributed by atoms with van der Waals surface area (Å²) >= 11 is 16.8. The van der Waals surface area contributed by atoms with Crippen LogP contribution < -0.4 is 10.5 Å². The Hall–Kier alpha value is -1.36. The summed E-state index contributed by atoms with van der Waals surface area (Å²) in [5.74, 6) is -0.249. The number of benzene rings is 2. The minimum Gasteiger partial charge on any atom is -0.488 e. The highest BCUT2D eigenvalue weighted by Gasteiger charge is 2.13. The molecule has 0 spiro atoms. The Morgan fingerprint density at radius 3 is 2.60 bits per heavy atom. The molecule has 0 bridgehead atoms. The van der Waals surface area contributed by atoms with E-state index in [1.165, 1.54) is 12.1 Å². The quantitative estimate of drug-likeness (QED) is 0.847. The van der Waals surface area contributed by atoms with Crippen LogP contribution in [0.3, 0.4) is 0 Å². The summed E-state index contributed by atoms with van der Waals surface area (Å²) in [6.07, 6.45) is 0. The summed E-state index contributed by atoms with van der Waals surface area (Å²) in [7, 11) is 0. The molecule has 0 aromatic heterocycles. The van der Waals surface area contributed by atoms with Gasteiger partial charge in [-0.15, -0.1) is 0 Å². The maximum Gasteiger partial charge on any atom is 0.137 e. The number of thiocarbonyl (C=S) groups is 1. The average molecular weight is 330 g/mol. The lowest BCUT2D eigenvalue weighted by atomic mass is 10.2. The van der Waals surface area contributed by atoms with Crippen LogP contribution >= 0.6 is 35.4 Å². The molecular weight excluding hydrogens is 320 g/mol. The van der Waals surface area contributed by atoms with E-state index in [0.29, 0.717) is 15.6 Å². The first kappa shape index (κ1) is 15.0. The van der Waals surface area contributed by atoms with Crippen molar-refractivity contribution in [1.82, 2.24) is 0 Å². The molecule has 2 aromatic rings. The maximum absolute atomic E-state index is 13.7. The third-order valence-electron chi connectivity index (χ3n) is 2.64. The molecule has 0 radical (unpaired) electrons. The number of hydrogen-bond donors (Lipinski definition) is 1. The standard InChI is InChI=1S/C14H10Cl2FNOS/c15-9-4-1-3-8(13(9)16)7-19-11-6-2-5-10(17)12(11)14(18)20/h1-6H,7H2,(H2,18,20). The first-order valence-electron chi connectivity index (χ1n) is 5.64. The lowest BCUT2D eigenvalue weighted by molar-refractivity contribution is 0.304. The van der Waals surface area contributed by atoms with E-state index in [1.54, 1.807) is 24.3 Å². The van der Waals surface area contributed by atoms with E-state index in [-0.39, 0.29) is 22.9 Å². The zero-order valence-corrected chi connectivity index (χ0v) is 12.5. The molecule has 2 rings (SSSR count). The summed E-state index contributed by atoms with van der Waals surface area (Å²) in [6, 6.07) is 9.59. The molecule has 2 aromatic carbocycles. The zero-order chi connectivity index (χ0) is 14.7. The van der Waals surface area contributed by atoms with Crippen LogP contribution in [0.4, 0.5) is 4.39 Å². The summed E-state index contributed by atoms with van der Waals surface area (Å²) in [4.78, 5) is -0.0599. The van der Waals surface area contributed by atoms with Crippen LogP contribution in [0.15, 0.2) is 36.4 Å². The number of nitrogens with two attached hydrogens (primary N) is 1. The molecule has 20 heavy (non-hydrogen) atoms. The van der Waals surface area contributed by atoms with E-state index in [2.05, 4.69) is 0 Å². The Balaban J connectivity index is 2.26. The number of hydrogen-bond acceptors (Lipinski definition) is 2. The maximum atomic E-state index is 13.7. The van der Waals surface area contributed by atoms with Crippen LogP contribution in [-0.2, 0) is 6.61 Å². The highest BCUT2D eigenvalue weighted by atomic mass is 35.5. The van der Waals surface area contributed by atoms with E-state index >= 15 is 0 Å². The van der Waals surface area contributed by atoms with Gasteiger partial charge in [0.1, 0.15) is 23.2 Å². The topological polar surface area (TPSA) is 35.2 Å². The Morgan fingerprint density at radius 1 is 1.20 bits per heavy atom. The van der Waals surface area contributed by atoms with Crippen molar-refractivity contribution in [2.45, 2.75) is 6.61 Å². The predicted molar refractivity (Wildman–Crippen MR) is 83.1 cm³/mol. The monoisotopic (exact) mass is 329 g/mol. The molecule has 104 valence electrons. The molecule has 0 amide bonds. The van der Waals surface area contributed by atoms with Crippen molar-refractivity contribution in [3.8, 4) is 5.75 Å². The molecule has 0 fully saturated rings. The molecule has 0 aliphatic rings. The second kappa shape index (κ2) is 6.39. The minimum absolute atomic E-state index is 0.0599. The van der Waals surface area contributed by atoms with Crippen molar-refractivity contribution >= 4 is 40.4 Å². The normalized spacial score (nSPS) is 10.3. The second-order valence-corrected chi connectivity index (χ2v) is 5.20. The van der Waals surface area contributed by atoms with Gasteiger partial charge in [0.15, 0.2) is 0 Å². The third kappa shape index (κ3) is 3.20. The Labute approximate surface area is 131 Å². The van der Waals surface area contributed by atoms with Gasteiger partial charge in [0.05, 0.1) is 15.6 Å². The van der Waals surface area contributed by atoms with Crippen LogP contribution in [0, 0.1) is 5.82 Å². The highest BCUT2D eigenvalue weighted by Crippen LogP contribution is 2.28. The van der Waals surface area contributed by atoms with Crippen molar-refractivity contribution in [1.29, 1.82) is 0 Å². The Morgan fingerprint density at radius 2 is 1.90 bits per heavy atom. The second-order valence-electron chi connectivity index (χ2n) is 3.98. The SMILES string of the molecule is NC(=S)c1c(F)cccc1OCc1cccc(Cl)c1Cl. The van der Waals surface area contributed by atoms with Gasteiger partial charge in [-0.3, -0.25) is 0 Å². The highest BCUT2D eigenvalue weighted by molar-refractivity contribution is 7.80. The zero-order valence-electron chi connectivity index (χ0n) is 10.2. The van der Waals surface area contributed by atoms with Crippen molar-refractivity contribution < 1.29 is 9.13 Å². The Bertz CT molecular complexity index is 664. The van der Waals surface area contributed by atoms with Gasteiger partial charge in [0.2, 0.25) is 0 Å². The number of halogens is 3. The van der Waals surface area contributed by atoms with E-state index in [1.807, 2.05) is 0 Å². The Kier molecular flexibility index (Phi) is 4.81. The number of ether oxygens (including phenoxy) is 1. The molecule has 0 heterocycles. The fourth-order valence-corrected chi connectivity index (χ4v) is 2.25. The van der Waals surface area contributed by atoms with Crippen LogP contribution in [0.5, 0.6) is 5.75 Å². The molecular formula is C14H10Cl2FNOS. The average Bonchev–Trinajstić information content (AvgIpc) is 2.40. The van der Waals surface area contributed by atoms with Crippen molar-refractivity contribution in [2.75, 3.05) is 0 Å². The van der Waals surface area contributed by atoms with Crippen LogP contribution in [0.2, 0.25) is 10.0 Å². The molecule has 0 aliphatic carbocycles. The van der Waals surface area contributed by atoms with Crippen molar-refractivity contribution in [3.63, 3.8) is 0 Å². The minimum atomic E-state index is -0.521. The predicted octanol–water partition coefficient (Wildman–Crippen LogP) is 4.35. The summed E-state index contributed by atoms with van der Waals surface area (Å²) in [6.45, 7) is 0.137. The van der Waals surface area contributed by atoms with Gasteiger partial charge in [0.25, 0.3) is 0 Å². The first-order valence-corrected chi connectivity index (χ1v) is 6.81. The molecule has 0 aliphatic heterocycles. The largest absolute Gasteiger partial charge is 0.488 e. The molecule has 2 N–H and O–H groups in total. The van der Waals surface area contributed by atoms with Gasteiger partial charge in [-0.2, -0.15) is 0 Å². The fraction of sp³-hybridized carbons (Fsp3) is 0.0714. The third-order valence-corrected chi connectivity index (χ3v) is 3.70. The molecule has 0 saturated carbocycles. The smallest absolute Gasteiger partial charge is 0.137 e. The summed E-state index contributed by atoms with van der Waals surface area (Å²) < 4.78 is 19.2. The van der Waals surface area contributed by atoms with E-state index in [4.69, 9.17) is 45.9 Å². The lowest BCUT2D eigenvalue weighted by Gasteiger charge is -2.12. The first-order chi connectivity index (χ1) is 9.50. The molecule has 0 saturated heterocycles. The van der Waals surface area contributed by atoms with Gasteiger partial charge in [-0.25, -0.2) is 4.39 Å². The molecule has 6 heteroatoms. The van der Waals surface area contributed by atoms with Crippen LogP contribution in [0.1, 0.15) is 11.1 Å². The van der Waals surface area contributed by atoms with Crippen LogP contribution in [0.25, 0.3) is 0 Å². The molecule has 0 unspecified atom stereocenters. The van der Waals surface area contributed by atoms with Gasteiger partial charge in [-0.05, 0) is 18.2 Å². The van der Waals surface area contributed by atoms with Crippen molar-refractivity contribution in [2.24, 2.45) is 5.73 Å². The summed E-state index contributed by atoms with van der Waals surface area (Å²) in [5.41, 5.74) is 6.28. The van der Waals surface area contributed by atoms with Gasteiger partial charge in [-0.1, -0.05) is 53.6 Å². The lowest BCUT2D eigenvalue weighted by Crippen LogP contribution is -2.14. The van der Waals surface area contributed by atoms with Crippen LogP contribution in [-0.4, -0.2) is 4.99 Å². The molecule has 2 nitrogen and oxygen atoms in total. The fourth-order valence-electron chi connectivity index (χ4n) is 1.68. The number of rotatable bonds is 4. The molecule has 0 atom stereocenters. The van der Waals surface area contributed by atoms with E-state index in [0.717, 1.165) is 0 Å². The van der Waals surface area contributed by atoms with E-state index in [9.17, 15) is 4.39 Å². The van der Waals surface area contributed by atoms with Crippen molar-refractivity contribution in [3.05, 3.63) is 63.4 Å². The van der Waals surface area contributed by atoms with Gasteiger partial charge < -0.3 is 10.5 Å². The van der Waals surface area contributed by atoms with Gasteiger partial charge >= 0.3 is 0 Å². The van der Waals surface area contributed by atoms with E-state index < -0.39 is 5.82 Å². The van der Waals surface area contributed by atoms with Gasteiger partial charge in [0, 0.05) is 5.56 Å². The summed E-state index contributed by atoms with van der Waals surface area (Å²) in [5, 5.41) is 0.837.